The van der Waals surface area contributed by atoms with Crippen molar-refractivity contribution in [2.75, 3.05) is 57.6 Å². The Morgan fingerprint density at radius 2 is 1.69 bits per heavy atom. The normalized spacial score (nSPS) is 17.4. The molecule has 1 aliphatic rings. The first-order chi connectivity index (χ1) is 23.3. The highest BCUT2D eigenvalue weighted by molar-refractivity contribution is 5.89. The number of rotatable bonds is 13. The van der Waals surface area contributed by atoms with E-state index in [0.29, 0.717) is 41.9 Å². The van der Waals surface area contributed by atoms with Crippen LogP contribution in [0.5, 0.6) is 0 Å². The molecule has 1 amide bonds. The van der Waals surface area contributed by atoms with Gasteiger partial charge in [-0.25, -0.2) is 19.0 Å². The van der Waals surface area contributed by atoms with Crippen LogP contribution in [0.25, 0.3) is 11.0 Å². The van der Waals surface area contributed by atoms with Gasteiger partial charge in [-0.2, -0.15) is 5.26 Å². The smallest absolute Gasteiger partial charge is 0.407 e. The van der Waals surface area contributed by atoms with Gasteiger partial charge in [0.25, 0.3) is 5.56 Å². The summed E-state index contributed by atoms with van der Waals surface area (Å²) in [6.07, 6.45) is -0.511. The Morgan fingerprint density at radius 3 is 2.37 bits per heavy atom. The highest BCUT2D eigenvalue weighted by atomic mass is 19.1. The van der Waals surface area contributed by atoms with Crippen molar-refractivity contribution in [3.05, 3.63) is 69.9 Å². The first kappa shape index (κ1) is 37.2. The molecule has 1 aromatic carbocycles. The molecule has 2 aromatic heterocycles. The number of piperazine rings is 1. The van der Waals surface area contributed by atoms with Gasteiger partial charge in [0.05, 0.1) is 37.6 Å². The third-order valence-corrected chi connectivity index (χ3v) is 8.03. The average Bonchev–Trinajstić information content (AvgIpc) is 3.05. The molecule has 0 radical (unpaired) electrons. The minimum absolute atomic E-state index is 0.00677. The summed E-state index contributed by atoms with van der Waals surface area (Å²) in [6, 6.07) is 11.5. The number of nitrogens with one attached hydrogen (secondary N) is 1. The summed E-state index contributed by atoms with van der Waals surface area (Å²) in [6.45, 7) is 11.5. The Labute approximate surface area is 285 Å². The maximum absolute atomic E-state index is 13.9. The van der Waals surface area contributed by atoms with Crippen LogP contribution in [0, 0.1) is 17.1 Å². The van der Waals surface area contributed by atoms with Gasteiger partial charge in [-0.3, -0.25) is 9.69 Å². The summed E-state index contributed by atoms with van der Waals surface area (Å²) >= 11 is 0. The molecule has 3 heterocycles. The van der Waals surface area contributed by atoms with Gasteiger partial charge in [0.1, 0.15) is 41.3 Å². The van der Waals surface area contributed by atoms with Crippen molar-refractivity contribution in [1.29, 1.82) is 5.26 Å². The molecular weight excluding hydrogens is 635 g/mol. The number of benzene rings is 1. The number of halogens is 1. The Morgan fingerprint density at radius 1 is 1.02 bits per heavy atom. The van der Waals surface area contributed by atoms with E-state index in [-0.39, 0.29) is 56.4 Å². The monoisotopic (exact) mass is 680 g/mol. The van der Waals surface area contributed by atoms with E-state index in [1.165, 1.54) is 22.8 Å². The SMILES string of the molecule is C[C@@H]1CN(c2cc(=O)n(C)c3ccc(C#N)nc23)[C@@H](C)CN1C(C(=O)OCCOCCOCCNC(=O)OC(C)(C)C)c1ccc(F)cc1. The third-order valence-electron chi connectivity index (χ3n) is 8.03. The zero-order valence-corrected chi connectivity index (χ0v) is 28.9. The molecule has 49 heavy (non-hydrogen) atoms. The summed E-state index contributed by atoms with van der Waals surface area (Å²) in [7, 11) is 1.67. The second kappa shape index (κ2) is 16.7. The molecule has 1 fully saturated rings. The number of carbonyl (C=O) groups excluding carboxylic acids is 2. The minimum Gasteiger partial charge on any atom is -0.462 e. The molecule has 0 saturated carbocycles. The van der Waals surface area contributed by atoms with Crippen molar-refractivity contribution in [3.63, 3.8) is 0 Å². The largest absolute Gasteiger partial charge is 0.462 e. The number of pyridine rings is 2. The lowest BCUT2D eigenvalue weighted by Gasteiger charge is -2.47. The standard InChI is InChI=1S/C35H45FN6O7/c1-23-22-42(24(2)21-41(23)29-19-30(43)40(6)28-12-11-27(20-37)39-31(28)29)32(25-7-9-26(36)10-8-25)33(44)48-18-17-47-16-15-46-14-13-38-34(45)49-35(3,4)5/h7-12,19,23-24,32H,13-18,21-22H2,1-6H3,(H,38,45)/t23-,24+,32?/m0/s1. The first-order valence-corrected chi connectivity index (χ1v) is 16.3. The van der Waals surface area contributed by atoms with Crippen LogP contribution in [0.15, 0.2) is 47.3 Å². The van der Waals surface area contributed by atoms with Crippen molar-refractivity contribution in [2.24, 2.45) is 7.05 Å². The molecule has 4 rings (SSSR count). The van der Waals surface area contributed by atoms with Crippen molar-refractivity contribution < 1.29 is 32.9 Å². The second-order valence-corrected chi connectivity index (χ2v) is 12.9. The van der Waals surface area contributed by atoms with E-state index in [1.54, 1.807) is 52.1 Å². The molecule has 0 spiro atoms. The fourth-order valence-electron chi connectivity index (χ4n) is 5.69. The van der Waals surface area contributed by atoms with E-state index in [4.69, 9.17) is 18.9 Å². The quantitative estimate of drug-likeness (QED) is 0.208. The number of amides is 1. The van der Waals surface area contributed by atoms with E-state index in [1.807, 2.05) is 18.7 Å². The van der Waals surface area contributed by atoms with Crippen LogP contribution in [0.1, 0.15) is 51.9 Å². The molecular formula is C35H45FN6O7. The Balaban J connectivity index is 1.36. The van der Waals surface area contributed by atoms with Crippen LogP contribution in [0.4, 0.5) is 14.9 Å². The molecule has 3 aromatic rings. The molecule has 13 nitrogen and oxygen atoms in total. The van der Waals surface area contributed by atoms with Gasteiger partial charge in [-0.05, 0) is 64.4 Å². The molecule has 264 valence electrons. The van der Waals surface area contributed by atoms with Gasteiger partial charge in [-0.15, -0.1) is 0 Å². The van der Waals surface area contributed by atoms with Crippen molar-refractivity contribution in [2.45, 2.75) is 58.3 Å². The van der Waals surface area contributed by atoms with Gasteiger partial charge in [0.2, 0.25) is 0 Å². The Kier molecular flexibility index (Phi) is 12.7. The minimum atomic E-state index is -0.815. The zero-order chi connectivity index (χ0) is 35.7. The van der Waals surface area contributed by atoms with Crippen LogP contribution >= 0.6 is 0 Å². The van der Waals surface area contributed by atoms with Crippen LogP contribution in [-0.2, 0) is 30.8 Å². The molecule has 14 heteroatoms. The average molecular weight is 681 g/mol. The summed E-state index contributed by atoms with van der Waals surface area (Å²) in [5.74, 6) is -0.911. The number of nitrogens with zero attached hydrogens (tertiary/aromatic N) is 5. The highest BCUT2D eigenvalue weighted by Gasteiger charge is 2.39. The van der Waals surface area contributed by atoms with E-state index in [9.17, 15) is 24.0 Å². The number of aryl methyl sites for hydroxylation is 1. The number of ether oxygens (including phenoxy) is 4. The first-order valence-electron chi connectivity index (χ1n) is 16.3. The zero-order valence-electron chi connectivity index (χ0n) is 28.9. The number of alkyl carbamates (subject to hydrolysis) is 1. The summed E-state index contributed by atoms with van der Waals surface area (Å²) < 4.78 is 37.2. The van der Waals surface area contributed by atoms with Crippen LogP contribution < -0.4 is 15.8 Å². The van der Waals surface area contributed by atoms with Crippen molar-refractivity contribution in [1.82, 2.24) is 19.8 Å². The van der Waals surface area contributed by atoms with Gasteiger partial charge in [0.15, 0.2) is 0 Å². The van der Waals surface area contributed by atoms with E-state index in [0.717, 1.165) is 0 Å². The fourth-order valence-corrected chi connectivity index (χ4v) is 5.69. The van der Waals surface area contributed by atoms with E-state index in [2.05, 4.69) is 21.3 Å². The fraction of sp³-hybridized carbons (Fsp3) is 0.514. The molecule has 1 aliphatic heterocycles. The topological polar surface area (TPSA) is 148 Å². The number of carbonyl (C=O) groups is 2. The lowest BCUT2D eigenvalue weighted by atomic mass is 9.99. The van der Waals surface area contributed by atoms with Gasteiger partial charge < -0.3 is 33.7 Å². The van der Waals surface area contributed by atoms with E-state index >= 15 is 0 Å². The third kappa shape index (κ3) is 9.97. The number of aromatic nitrogens is 2. The molecule has 1 N–H and O–H groups in total. The van der Waals surface area contributed by atoms with Gasteiger partial charge >= 0.3 is 12.1 Å². The Bertz CT molecular complexity index is 1700. The number of esters is 1. The van der Waals surface area contributed by atoms with Crippen LogP contribution in [0.3, 0.4) is 0 Å². The Hall–Kier alpha value is -4.58. The summed E-state index contributed by atoms with van der Waals surface area (Å²) in [4.78, 5) is 46.8. The number of fused-ring (bicyclic) bond motifs is 1. The lowest BCUT2D eigenvalue weighted by Crippen LogP contribution is -2.58. The molecule has 3 atom stereocenters. The molecule has 1 unspecified atom stereocenters. The lowest BCUT2D eigenvalue weighted by molar-refractivity contribution is -0.153. The summed E-state index contributed by atoms with van der Waals surface area (Å²) in [5.41, 5.74) is 1.84. The number of hydrogen-bond donors (Lipinski definition) is 1. The van der Waals surface area contributed by atoms with Gasteiger partial charge in [-0.1, -0.05) is 12.1 Å². The molecule has 0 aliphatic carbocycles. The van der Waals surface area contributed by atoms with Crippen LogP contribution in [0.2, 0.25) is 0 Å². The number of hydrogen-bond acceptors (Lipinski definition) is 11. The van der Waals surface area contributed by atoms with Gasteiger partial charge in [0, 0.05) is 44.8 Å². The van der Waals surface area contributed by atoms with E-state index < -0.39 is 29.5 Å². The van der Waals surface area contributed by atoms with Crippen LogP contribution in [-0.4, -0.2) is 96.9 Å². The molecule has 0 bridgehead atoms. The highest BCUT2D eigenvalue weighted by Crippen LogP contribution is 2.33. The number of nitriles is 1. The predicted octanol–water partition coefficient (Wildman–Crippen LogP) is 3.69. The van der Waals surface area contributed by atoms with Crippen molar-refractivity contribution >= 4 is 28.8 Å². The predicted molar refractivity (Wildman–Crippen MR) is 181 cm³/mol. The maximum atomic E-state index is 13.9. The summed E-state index contributed by atoms with van der Waals surface area (Å²) in [5, 5.41) is 12.1. The molecule has 1 saturated heterocycles. The maximum Gasteiger partial charge on any atom is 0.407 e. The number of anilines is 1. The van der Waals surface area contributed by atoms with Crippen molar-refractivity contribution in [3.8, 4) is 6.07 Å². The second-order valence-electron chi connectivity index (χ2n) is 12.9.